The molecule has 2 rings (SSSR count). The number of hydrogen-bond donors (Lipinski definition) is 1. The monoisotopic (exact) mass is 312 g/mol. The summed E-state index contributed by atoms with van der Waals surface area (Å²) in [7, 11) is 0. The number of hydrogen-bond acceptors (Lipinski definition) is 4. The van der Waals surface area contributed by atoms with Gasteiger partial charge in [0.25, 0.3) is 5.22 Å². The number of thioether (sulfide) groups is 1. The van der Waals surface area contributed by atoms with Gasteiger partial charge in [0.05, 0.1) is 5.69 Å². The summed E-state index contributed by atoms with van der Waals surface area (Å²) in [6.45, 7) is 3.86. The number of anilines is 1. The van der Waals surface area contributed by atoms with Gasteiger partial charge in [-0.25, -0.2) is 4.98 Å². The van der Waals surface area contributed by atoms with Crippen molar-refractivity contribution in [1.82, 2.24) is 4.98 Å². The molecule has 0 unspecified atom stereocenters. The molecule has 1 heterocycles. The summed E-state index contributed by atoms with van der Waals surface area (Å²) in [6.07, 6.45) is 0. The van der Waals surface area contributed by atoms with Crippen molar-refractivity contribution in [2.24, 2.45) is 0 Å². The number of rotatable bonds is 3. The molecule has 0 aliphatic carbocycles. The Morgan fingerprint density at radius 1 is 1.41 bits per heavy atom. The van der Waals surface area contributed by atoms with E-state index in [1.807, 2.05) is 32.0 Å². The maximum atomic E-state index is 5.82. The summed E-state index contributed by atoms with van der Waals surface area (Å²) in [4.78, 5) is 4.33. The van der Waals surface area contributed by atoms with Crippen LogP contribution in [0.2, 0.25) is 0 Å². The molecule has 0 fully saturated rings. The van der Waals surface area contributed by atoms with Crippen molar-refractivity contribution in [3.63, 3.8) is 0 Å². The molecule has 0 atom stereocenters. The fourth-order valence-corrected chi connectivity index (χ4v) is 2.85. The fraction of sp³-hybridized carbons (Fsp3) is 0.250. The van der Waals surface area contributed by atoms with Crippen molar-refractivity contribution in [3.8, 4) is 0 Å². The smallest absolute Gasteiger partial charge is 0.256 e. The summed E-state index contributed by atoms with van der Waals surface area (Å²) < 4.78 is 6.46. The van der Waals surface area contributed by atoms with Gasteiger partial charge in [-0.1, -0.05) is 23.9 Å². The van der Waals surface area contributed by atoms with Crippen molar-refractivity contribution in [3.05, 3.63) is 39.7 Å². The zero-order valence-corrected chi connectivity index (χ0v) is 12.1. The second kappa shape index (κ2) is 5.14. The van der Waals surface area contributed by atoms with Gasteiger partial charge >= 0.3 is 0 Å². The van der Waals surface area contributed by atoms with Gasteiger partial charge in [-0.2, -0.15) is 0 Å². The van der Waals surface area contributed by atoms with Gasteiger partial charge in [0.2, 0.25) is 0 Å². The van der Waals surface area contributed by atoms with E-state index in [0.717, 1.165) is 32.9 Å². The van der Waals surface area contributed by atoms with Crippen molar-refractivity contribution in [2.45, 2.75) is 24.8 Å². The van der Waals surface area contributed by atoms with E-state index < -0.39 is 0 Å². The number of oxazole rings is 1. The maximum absolute atomic E-state index is 5.82. The zero-order chi connectivity index (χ0) is 12.4. The molecule has 1 aromatic carbocycles. The number of nitrogens with two attached hydrogens (primary N) is 1. The lowest BCUT2D eigenvalue weighted by Gasteiger charge is -2.04. The number of halogens is 1. The van der Waals surface area contributed by atoms with Crippen LogP contribution in [0.4, 0.5) is 5.69 Å². The summed E-state index contributed by atoms with van der Waals surface area (Å²) in [5.74, 6) is 1.66. The third-order valence-electron chi connectivity index (χ3n) is 2.47. The van der Waals surface area contributed by atoms with Gasteiger partial charge in [-0.05, 0) is 41.4 Å². The predicted octanol–water partition coefficient (Wildman–Crippen LogP) is 3.93. The van der Waals surface area contributed by atoms with Crippen LogP contribution >= 0.6 is 27.7 Å². The van der Waals surface area contributed by atoms with Crippen molar-refractivity contribution >= 4 is 33.4 Å². The average molecular weight is 313 g/mol. The lowest BCUT2D eigenvalue weighted by Crippen LogP contribution is -1.90. The Kier molecular flexibility index (Phi) is 3.79. The molecule has 0 saturated heterocycles. The summed E-state index contributed by atoms with van der Waals surface area (Å²) in [5.41, 5.74) is 8.66. The van der Waals surface area contributed by atoms with Crippen LogP contribution in [0.15, 0.2) is 32.3 Å². The molecule has 90 valence electrons. The zero-order valence-electron chi connectivity index (χ0n) is 9.66. The Hall–Kier alpha value is -0.940. The van der Waals surface area contributed by atoms with Crippen LogP contribution in [-0.4, -0.2) is 4.98 Å². The second-order valence-corrected chi connectivity index (χ2v) is 5.45. The lowest BCUT2D eigenvalue weighted by molar-refractivity contribution is 0.431. The number of nitrogen functional groups attached to an aromatic ring is 1. The van der Waals surface area contributed by atoms with E-state index in [2.05, 4.69) is 20.9 Å². The van der Waals surface area contributed by atoms with Gasteiger partial charge in [0.15, 0.2) is 0 Å². The van der Waals surface area contributed by atoms with E-state index in [4.69, 9.17) is 10.2 Å². The highest BCUT2D eigenvalue weighted by Crippen LogP contribution is 2.30. The van der Waals surface area contributed by atoms with E-state index >= 15 is 0 Å². The minimum Gasteiger partial charge on any atom is -0.437 e. The Balaban J connectivity index is 2.10. The summed E-state index contributed by atoms with van der Waals surface area (Å²) in [5, 5.41) is 0.703. The van der Waals surface area contributed by atoms with Crippen molar-refractivity contribution < 1.29 is 4.42 Å². The molecular formula is C12H13BrN2OS. The standard InChI is InChI=1S/C12H13BrN2OS/c1-7-8(2)16-12(15-7)17-6-9-4-3-5-10(14)11(9)13/h3-5H,6,14H2,1-2H3. The highest BCUT2D eigenvalue weighted by atomic mass is 79.9. The Labute approximate surface area is 113 Å². The average Bonchev–Trinajstić information content (AvgIpc) is 2.61. The molecule has 0 amide bonds. The normalized spacial score (nSPS) is 10.8. The minimum atomic E-state index is 0.703. The molecule has 1 aromatic heterocycles. The van der Waals surface area contributed by atoms with Crippen LogP contribution in [-0.2, 0) is 5.75 Å². The molecule has 0 spiro atoms. The van der Waals surface area contributed by atoms with E-state index in [0.29, 0.717) is 5.22 Å². The fourth-order valence-electron chi connectivity index (χ4n) is 1.36. The molecule has 0 aliphatic heterocycles. The predicted molar refractivity (Wildman–Crippen MR) is 74.1 cm³/mol. The first-order valence-corrected chi connectivity index (χ1v) is 6.95. The largest absolute Gasteiger partial charge is 0.437 e. The number of nitrogens with zero attached hydrogens (tertiary/aromatic N) is 1. The molecule has 0 bridgehead atoms. The first-order valence-electron chi connectivity index (χ1n) is 5.17. The number of benzene rings is 1. The van der Waals surface area contributed by atoms with Crippen LogP contribution in [0.25, 0.3) is 0 Å². The van der Waals surface area contributed by atoms with Gasteiger partial charge in [-0.3, -0.25) is 0 Å². The van der Waals surface area contributed by atoms with Gasteiger partial charge in [0, 0.05) is 15.9 Å². The molecular weight excluding hydrogens is 300 g/mol. The summed E-state index contributed by atoms with van der Waals surface area (Å²) >= 11 is 5.05. The highest BCUT2D eigenvalue weighted by molar-refractivity contribution is 9.10. The Bertz CT molecular complexity index is 520. The van der Waals surface area contributed by atoms with Gasteiger partial charge in [-0.15, -0.1) is 0 Å². The van der Waals surface area contributed by atoms with E-state index in [-0.39, 0.29) is 0 Å². The van der Waals surface area contributed by atoms with Crippen LogP contribution in [0, 0.1) is 13.8 Å². The first kappa shape index (κ1) is 12.5. The van der Waals surface area contributed by atoms with Crippen molar-refractivity contribution in [1.29, 1.82) is 0 Å². The van der Waals surface area contributed by atoms with E-state index in [1.54, 1.807) is 11.8 Å². The topological polar surface area (TPSA) is 52.0 Å². The van der Waals surface area contributed by atoms with Crippen LogP contribution < -0.4 is 5.73 Å². The van der Waals surface area contributed by atoms with E-state index in [1.165, 1.54) is 0 Å². The van der Waals surface area contributed by atoms with Crippen molar-refractivity contribution in [2.75, 3.05) is 5.73 Å². The molecule has 5 heteroatoms. The molecule has 17 heavy (non-hydrogen) atoms. The first-order chi connectivity index (χ1) is 8.08. The van der Waals surface area contributed by atoms with Crippen LogP contribution in [0.3, 0.4) is 0 Å². The van der Waals surface area contributed by atoms with Crippen LogP contribution in [0.1, 0.15) is 17.0 Å². The van der Waals surface area contributed by atoms with Gasteiger partial charge in [0.1, 0.15) is 5.76 Å². The number of aromatic nitrogens is 1. The quantitative estimate of drug-likeness (QED) is 0.689. The summed E-state index contributed by atoms with van der Waals surface area (Å²) in [6, 6.07) is 5.86. The molecule has 2 aromatic rings. The highest BCUT2D eigenvalue weighted by Gasteiger charge is 2.08. The van der Waals surface area contributed by atoms with Gasteiger partial charge < -0.3 is 10.2 Å². The number of aryl methyl sites for hydroxylation is 2. The minimum absolute atomic E-state index is 0.703. The SMILES string of the molecule is Cc1nc(SCc2cccc(N)c2Br)oc1C. The molecule has 3 nitrogen and oxygen atoms in total. The Morgan fingerprint density at radius 2 is 2.18 bits per heavy atom. The van der Waals surface area contributed by atoms with E-state index in [9.17, 15) is 0 Å². The third kappa shape index (κ3) is 2.84. The molecule has 0 radical (unpaired) electrons. The van der Waals surface area contributed by atoms with Crippen LogP contribution in [0.5, 0.6) is 0 Å². The lowest BCUT2D eigenvalue weighted by atomic mass is 10.2. The molecule has 2 N–H and O–H groups in total. The maximum Gasteiger partial charge on any atom is 0.256 e. The Morgan fingerprint density at radius 3 is 2.82 bits per heavy atom. The molecule has 0 saturated carbocycles. The third-order valence-corrected chi connectivity index (χ3v) is 4.31. The second-order valence-electron chi connectivity index (χ2n) is 3.73. The molecule has 0 aliphatic rings.